The maximum Gasteiger partial charge on any atom is 0.252 e. The third-order valence-electron chi connectivity index (χ3n) is 6.71. The average Bonchev–Trinajstić information content (AvgIpc) is 3.47. The molecule has 3 saturated heterocycles. The van der Waals surface area contributed by atoms with Gasteiger partial charge in [-0.1, -0.05) is 0 Å². The number of aryl methyl sites for hydroxylation is 1. The van der Waals surface area contributed by atoms with Crippen LogP contribution in [0.25, 0.3) is 0 Å². The molecule has 0 saturated carbocycles. The second-order valence-corrected chi connectivity index (χ2v) is 8.48. The van der Waals surface area contributed by atoms with E-state index in [1.54, 1.807) is 29.2 Å². The Morgan fingerprint density at radius 3 is 3.07 bits per heavy atom. The van der Waals surface area contributed by atoms with Crippen LogP contribution in [-0.2, 0) is 16.1 Å². The van der Waals surface area contributed by atoms with E-state index in [-0.39, 0.29) is 41.9 Å². The molecule has 3 aliphatic heterocycles. The molecular formula is C20H26N6O3. The number of carbonyl (C=O) groups excluding carboxylic acids is 2. The SMILES string of the molecule is Cc1cc(N)n(CC(=O)N2C[C@@H]3[C@H](CNC(=O)c4cc[nH]c4)[C@H]4CC[C@]3(C2)O4)n1. The molecular weight excluding hydrogens is 372 g/mol. The van der Waals surface area contributed by atoms with Gasteiger partial charge in [-0.2, -0.15) is 5.10 Å². The lowest BCUT2D eigenvalue weighted by Gasteiger charge is -2.29. The molecule has 1 spiro atoms. The van der Waals surface area contributed by atoms with Crippen LogP contribution in [0.15, 0.2) is 24.5 Å². The molecule has 5 rings (SSSR count). The van der Waals surface area contributed by atoms with Gasteiger partial charge in [0.05, 0.1) is 29.5 Å². The number of anilines is 1. The Kier molecular flexibility index (Phi) is 4.16. The number of nitrogens with one attached hydrogen (secondary N) is 2. The largest absolute Gasteiger partial charge is 0.384 e. The molecule has 3 fully saturated rings. The summed E-state index contributed by atoms with van der Waals surface area (Å²) in [5.74, 6) is 0.884. The molecule has 2 aromatic rings. The number of H-pyrrole nitrogens is 1. The first-order valence-electron chi connectivity index (χ1n) is 10.1. The first kappa shape index (κ1) is 18.2. The molecule has 0 unspecified atom stereocenters. The minimum Gasteiger partial charge on any atom is -0.384 e. The summed E-state index contributed by atoms with van der Waals surface area (Å²) in [6, 6.07) is 3.52. The van der Waals surface area contributed by atoms with E-state index in [1.807, 2.05) is 11.8 Å². The van der Waals surface area contributed by atoms with Gasteiger partial charge in [0.25, 0.3) is 5.91 Å². The molecule has 4 atom stereocenters. The van der Waals surface area contributed by atoms with E-state index in [1.165, 1.54) is 0 Å². The van der Waals surface area contributed by atoms with Crippen LogP contribution in [0.4, 0.5) is 5.82 Å². The van der Waals surface area contributed by atoms with Crippen LogP contribution in [-0.4, -0.2) is 62.8 Å². The Balaban J connectivity index is 1.25. The van der Waals surface area contributed by atoms with Gasteiger partial charge < -0.3 is 25.7 Å². The third kappa shape index (κ3) is 3.00. The molecule has 2 bridgehead atoms. The predicted octanol–water partition coefficient (Wildman–Crippen LogP) is 0.538. The average molecular weight is 398 g/mol. The number of hydrogen-bond donors (Lipinski definition) is 3. The number of nitrogens with zero attached hydrogens (tertiary/aromatic N) is 3. The zero-order chi connectivity index (χ0) is 20.2. The van der Waals surface area contributed by atoms with Gasteiger partial charge in [-0.15, -0.1) is 0 Å². The molecule has 9 heteroatoms. The van der Waals surface area contributed by atoms with Crippen molar-refractivity contribution in [2.24, 2.45) is 11.8 Å². The molecule has 9 nitrogen and oxygen atoms in total. The van der Waals surface area contributed by atoms with E-state index < -0.39 is 0 Å². The first-order chi connectivity index (χ1) is 13.9. The fourth-order valence-corrected chi connectivity index (χ4v) is 5.35. The number of ether oxygens (including phenoxy) is 1. The fourth-order valence-electron chi connectivity index (χ4n) is 5.35. The maximum atomic E-state index is 12.9. The molecule has 2 amide bonds. The summed E-state index contributed by atoms with van der Waals surface area (Å²) in [7, 11) is 0. The zero-order valence-corrected chi connectivity index (χ0v) is 16.4. The summed E-state index contributed by atoms with van der Waals surface area (Å²) in [4.78, 5) is 30.0. The fraction of sp³-hybridized carbons (Fsp3) is 0.550. The Hall–Kier alpha value is -2.81. The van der Waals surface area contributed by atoms with Crippen molar-refractivity contribution in [3.05, 3.63) is 35.8 Å². The summed E-state index contributed by atoms with van der Waals surface area (Å²) in [6.07, 6.45) is 5.53. The van der Waals surface area contributed by atoms with Crippen molar-refractivity contribution in [2.45, 2.75) is 38.0 Å². The smallest absolute Gasteiger partial charge is 0.252 e. The highest BCUT2D eigenvalue weighted by molar-refractivity contribution is 5.93. The van der Waals surface area contributed by atoms with Crippen LogP contribution in [0.3, 0.4) is 0 Å². The number of nitrogen functional groups attached to an aromatic ring is 1. The van der Waals surface area contributed by atoms with Crippen molar-refractivity contribution >= 4 is 17.6 Å². The summed E-state index contributed by atoms with van der Waals surface area (Å²) < 4.78 is 7.93. The van der Waals surface area contributed by atoms with Gasteiger partial charge in [-0.05, 0) is 25.8 Å². The van der Waals surface area contributed by atoms with Crippen molar-refractivity contribution in [3.63, 3.8) is 0 Å². The van der Waals surface area contributed by atoms with E-state index in [9.17, 15) is 9.59 Å². The Morgan fingerprint density at radius 1 is 1.48 bits per heavy atom. The second-order valence-electron chi connectivity index (χ2n) is 8.48. The summed E-state index contributed by atoms with van der Waals surface area (Å²) >= 11 is 0. The van der Waals surface area contributed by atoms with E-state index in [0.29, 0.717) is 31.0 Å². The molecule has 5 heterocycles. The van der Waals surface area contributed by atoms with Crippen molar-refractivity contribution in [2.75, 3.05) is 25.4 Å². The maximum absolute atomic E-state index is 12.9. The lowest BCUT2D eigenvalue weighted by Crippen LogP contribution is -2.41. The summed E-state index contributed by atoms with van der Waals surface area (Å²) in [5, 5.41) is 7.33. The normalized spacial score (nSPS) is 30.0. The molecule has 0 aliphatic carbocycles. The predicted molar refractivity (Wildman–Crippen MR) is 105 cm³/mol. The first-order valence-corrected chi connectivity index (χ1v) is 10.1. The zero-order valence-electron chi connectivity index (χ0n) is 16.4. The van der Waals surface area contributed by atoms with Gasteiger partial charge in [-0.3, -0.25) is 9.59 Å². The number of amides is 2. The van der Waals surface area contributed by atoms with Crippen molar-refractivity contribution < 1.29 is 14.3 Å². The lowest BCUT2D eigenvalue weighted by atomic mass is 9.73. The van der Waals surface area contributed by atoms with E-state index in [2.05, 4.69) is 15.4 Å². The topological polar surface area (TPSA) is 118 Å². The van der Waals surface area contributed by atoms with Gasteiger partial charge in [-0.25, -0.2) is 4.68 Å². The summed E-state index contributed by atoms with van der Waals surface area (Å²) in [6.45, 7) is 3.82. The van der Waals surface area contributed by atoms with Crippen LogP contribution in [0, 0.1) is 18.8 Å². The molecule has 0 radical (unpaired) electrons. The Labute approximate surface area is 168 Å². The molecule has 154 valence electrons. The number of hydrogen-bond acceptors (Lipinski definition) is 5. The minimum absolute atomic E-state index is 0.00531. The van der Waals surface area contributed by atoms with Gasteiger partial charge in [0, 0.05) is 43.4 Å². The number of likely N-dealkylation sites (tertiary alicyclic amines) is 1. The van der Waals surface area contributed by atoms with Crippen LogP contribution < -0.4 is 11.1 Å². The third-order valence-corrected chi connectivity index (χ3v) is 6.71. The second kappa shape index (κ2) is 6.62. The van der Waals surface area contributed by atoms with Crippen LogP contribution in [0.2, 0.25) is 0 Å². The number of fused-ring (bicyclic) bond motifs is 1. The van der Waals surface area contributed by atoms with E-state index in [4.69, 9.17) is 10.5 Å². The molecule has 3 aliphatic rings. The highest BCUT2D eigenvalue weighted by Gasteiger charge is 2.63. The van der Waals surface area contributed by atoms with Gasteiger partial charge in [0.2, 0.25) is 5.91 Å². The molecule has 4 N–H and O–H groups in total. The highest BCUT2D eigenvalue weighted by atomic mass is 16.5. The van der Waals surface area contributed by atoms with Gasteiger partial charge >= 0.3 is 0 Å². The Morgan fingerprint density at radius 2 is 2.34 bits per heavy atom. The van der Waals surface area contributed by atoms with E-state index in [0.717, 1.165) is 18.5 Å². The van der Waals surface area contributed by atoms with Crippen molar-refractivity contribution in [1.29, 1.82) is 0 Å². The monoisotopic (exact) mass is 398 g/mol. The standard InChI is InChI=1S/C20H26N6O3/c1-12-6-17(21)26(24-12)10-18(27)25-9-15-14(16-2-4-20(15,11-25)29-16)8-23-19(28)13-3-5-22-7-13/h3,5-7,14-16,22H,2,4,8-11,21H2,1H3,(H,23,28)/t14-,15+,16+,20+/m0/s1. The van der Waals surface area contributed by atoms with Crippen LogP contribution in [0.1, 0.15) is 28.9 Å². The lowest BCUT2D eigenvalue weighted by molar-refractivity contribution is -0.132. The van der Waals surface area contributed by atoms with Crippen LogP contribution >= 0.6 is 0 Å². The van der Waals surface area contributed by atoms with Crippen LogP contribution in [0.5, 0.6) is 0 Å². The number of carbonyl (C=O) groups is 2. The Bertz CT molecular complexity index is 938. The number of rotatable bonds is 5. The number of nitrogens with two attached hydrogens (primary N) is 1. The van der Waals surface area contributed by atoms with Crippen molar-refractivity contribution in [3.8, 4) is 0 Å². The number of aromatic amines is 1. The van der Waals surface area contributed by atoms with Gasteiger partial charge in [0.1, 0.15) is 12.4 Å². The molecule has 2 aromatic heterocycles. The minimum atomic E-state index is -0.268. The molecule has 29 heavy (non-hydrogen) atoms. The molecule has 0 aromatic carbocycles. The quantitative estimate of drug-likeness (QED) is 0.679. The van der Waals surface area contributed by atoms with E-state index >= 15 is 0 Å². The van der Waals surface area contributed by atoms with Gasteiger partial charge in [0.15, 0.2) is 0 Å². The van der Waals surface area contributed by atoms with Crippen molar-refractivity contribution in [1.82, 2.24) is 25.0 Å². The summed E-state index contributed by atoms with van der Waals surface area (Å²) in [5.41, 5.74) is 7.09. The highest BCUT2D eigenvalue weighted by Crippen LogP contribution is 2.54. The number of aromatic nitrogens is 3.